The third kappa shape index (κ3) is 3.95. The van der Waals surface area contributed by atoms with Crippen molar-refractivity contribution < 1.29 is 0 Å². The van der Waals surface area contributed by atoms with Gasteiger partial charge in [-0.15, -0.1) is 0 Å². The summed E-state index contributed by atoms with van der Waals surface area (Å²) in [5, 5.41) is 1.90. The van der Waals surface area contributed by atoms with Gasteiger partial charge in [0.15, 0.2) is 0 Å². The number of benzene rings is 5. The van der Waals surface area contributed by atoms with Gasteiger partial charge in [-0.05, 0) is 72.3 Å². The monoisotopic (exact) mass is 525 g/mol. The lowest BCUT2D eigenvalue weighted by Crippen LogP contribution is -2.09. The summed E-state index contributed by atoms with van der Waals surface area (Å²) in [4.78, 5) is 22.0. The van der Waals surface area contributed by atoms with Gasteiger partial charge in [-0.25, -0.2) is 9.97 Å². The largest absolute Gasteiger partial charge is 0.311 e. The van der Waals surface area contributed by atoms with Gasteiger partial charge in [-0.2, -0.15) is 0 Å². The molecule has 0 atom stereocenters. The van der Waals surface area contributed by atoms with Gasteiger partial charge in [-0.1, -0.05) is 60.7 Å². The Hall–Kier alpha value is -5.68. The second kappa shape index (κ2) is 9.50. The zero-order valence-corrected chi connectivity index (χ0v) is 22.0. The predicted molar refractivity (Wildman–Crippen MR) is 168 cm³/mol. The third-order valence-electron chi connectivity index (χ3n) is 7.49. The lowest BCUT2D eigenvalue weighted by molar-refractivity contribution is 1.28. The van der Waals surface area contributed by atoms with E-state index >= 15 is 0 Å². The number of nitrogens with zero attached hydrogens (tertiary/aromatic N) is 5. The minimum absolute atomic E-state index is 0.831. The van der Waals surface area contributed by atoms with Crippen molar-refractivity contribution in [3.8, 4) is 11.1 Å². The van der Waals surface area contributed by atoms with Gasteiger partial charge < -0.3 is 4.90 Å². The van der Waals surface area contributed by atoms with Crippen molar-refractivity contribution in [1.82, 2.24) is 19.9 Å². The van der Waals surface area contributed by atoms with Gasteiger partial charge in [0.2, 0.25) is 0 Å². The minimum Gasteiger partial charge on any atom is -0.311 e. The summed E-state index contributed by atoms with van der Waals surface area (Å²) in [5.74, 6) is 0. The van der Waals surface area contributed by atoms with Crippen LogP contribution in [0.5, 0.6) is 0 Å². The maximum atomic E-state index is 5.06. The molecule has 0 fully saturated rings. The molecule has 0 aliphatic carbocycles. The summed E-state index contributed by atoms with van der Waals surface area (Å²) in [5.41, 5.74) is 10.5. The van der Waals surface area contributed by atoms with Crippen LogP contribution in [-0.4, -0.2) is 19.9 Å². The van der Waals surface area contributed by atoms with Gasteiger partial charge in [0.1, 0.15) is 0 Å². The lowest BCUT2D eigenvalue weighted by Gasteiger charge is -2.25. The van der Waals surface area contributed by atoms with Crippen LogP contribution in [0, 0.1) is 0 Å². The molecule has 41 heavy (non-hydrogen) atoms. The number of para-hydroxylation sites is 4. The van der Waals surface area contributed by atoms with Crippen molar-refractivity contribution in [1.29, 1.82) is 0 Å². The van der Waals surface area contributed by atoms with Crippen molar-refractivity contribution >= 4 is 60.9 Å². The fourth-order valence-electron chi connectivity index (χ4n) is 5.56. The van der Waals surface area contributed by atoms with E-state index in [-0.39, 0.29) is 0 Å². The molecule has 0 radical (unpaired) electrons. The van der Waals surface area contributed by atoms with E-state index in [4.69, 9.17) is 19.9 Å². The minimum atomic E-state index is 0.831. The molecule has 0 saturated carbocycles. The Morgan fingerprint density at radius 3 is 1.63 bits per heavy atom. The zero-order chi connectivity index (χ0) is 27.2. The molecule has 0 N–H and O–H groups in total. The Morgan fingerprint density at radius 1 is 0.415 bits per heavy atom. The predicted octanol–water partition coefficient (Wildman–Crippen LogP) is 9.02. The molecule has 5 nitrogen and oxygen atoms in total. The van der Waals surface area contributed by atoms with Gasteiger partial charge in [0.25, 0.3) is 0 Å². The van der Waals surface area contributed by atoms with Gasteiger partial charge in [0.05, 0.1) is 33.1 Å². The smallest absolute Gasteiger partial charge is 0.0996 e. The summed E-state index contributed by atoms with van der Waals surface area (Å²) in [6.07, 6.45) is 3.74. The summed E-state index contributed by atoms with van der Waals surface area (Å²) in [7, 11) is 0. The van der Waals surface area contributed by atoms with Crippen LogP contribution in [-0.2, 0) is 0 Å². The normalized spacial score (nSPS) is 11.4. The molecule has 0 aliphatic heterocycles. The number of aromatic nitrogens is 4. The quantitative estimate of drug-likeness (QED) is 0.169. The van der Waals surface area contributed by atoms with Crippen LogP contribution in [0.25, 0.3) is 55.0 Å². The van der Waals surface area contributed by atoms with Crippen molar-refractivity contribution in [2.75, 3.05) is 4.90 Å². The van der Waals surface area contributed by atoms with Crippen LogP contribution >= 0.6 is 0 Å². The molecule has 0 bridgehead atoms. The standard InChI is InChI=1S/C36H23N5/c1-3-10-26(11-4-1)41(27-12-5-2-6-13-27)28-19-17-24(18-20-28)25-22-30-34(38-23-25)33-29(14-9-21-37-33)35-36(30)40-32-16-8-7-15-31(32)39-35/h1-23H. The molecule has 0 spiro atoms. The number of rotatable bonds is 4. The average Bonchev–Trinajstić information content (AvgIpc) is 3.05. The van der Waals surface area contributed by atoms with Crippen molar-refractivity contribution in [3.63, 3.8) is 0 Å². The van der Waals surface area contributed by atoms with Gasteiger partial charge in [0, 0.05) is 45.8 Å². The van der Waals surface area contributed by atoms with Crippen LogP contribution in [0.4, 0.5) is 17.1 Å². The molecule has 0 aliphatic rings. The molecule has 5 aromatic carbocycles. The molecule has 3 heterocycles. The van der Waals surface area contributed by atoms with E-state index in [0.29, 0.717) is 0 Å². The highest BCUT2D eigenvalue weighted by Gasteiger charge is 2.16. The first-order valence-corrected chi connectivity index (χ1v) is 13.6. The summed E-state index contributed by atoms with van der Waals surface area (Å²) in [6, 6.07) is 43.6. The fraction of sp³-hybridized carbons (Fsp3) is 0. The molecular weight excluding hydrogens is 502 g/mol. The first kappa shape index (κ1) is 23.2. The number of anilines is 3. The molecule has 192 valence electrons. The maximum absolute atomic E-state index is 5.06. The van der Waals surface area contributed by atoms with Crippen LogP contribution in [0.1, 0.15) is 0 Å². The second-order valence-electron chi connectivity index (χ2n) is 9.98. The maximum Gasteiger partial charge on any atom is 0.0996 e. The van der Waals surface area contributed by atoms with E-state index in [1.54, 1.807) is 0 Å². The molecule has 5 heteroatoms. The zero-order valence-electron chi connectivity index (χ0n) is 22.0. The molecular formula is C36H23N5. The Labute approximate surface area is 236 Å². The second-order valence-corrected chi connectivity index (χ2v) is 9.98. The van der Waals surface area contributed by atoms with E-state index in [9.17, 15) is 0 Å². The van der Waals surface area contributed by atoms with E-state index in [1.807, 2.05) is 60.9 Å². The third-order valence-corrected chi connectivity index (χ3v) is 7.49. The summed E-state index contributed by atoms with van der Waals surface area (Å²) < 4.78 is 0. The van der Waals surface area contributed by atoms with E-state index in [0.717, 1.165) is 72.1 Å². The van der Waals surface area contributed by atoms with Crippen molar-refractivity contribution in [3.05, 3.63) is 140 Å². The van der Waals surface area contributed by atoms with Crippen LogP contribution in [0.2, 0.25) is 0 Å². The molecule has 8 aromatic rings. The van der Waals surface area contributed by atoms with Crippen LogP contribution < -0.4 is 4.90 Å². The fourth-order valence-corrected chi connectivity index (χ4v) is 5.56. The molecule has 8 rings (SSSR count). The average molecular weight is 526 g/mol. The number of pyridine rings is 2. The van der Waals surface area contributed by atoms with Crippen LogP contribution in [0.15, 0.2) is 140 Å². The first-order valence-electron chi connectivity index (χ1n) is 13.6. The van der Waals surface area contributed by atoms with E-state index in [2.05, 4.69) is 83.8 Å². The SMILES string of the molecule is c1ccc(N(c2ccccc2)c2ccc(-c3cnc4c(c3)c3nc5ccccc5nc3c3cccnc34)cc2)cc1. The summed E-state index contributed by atoms with van der Waals surface area (Å²) >= 11 is 0. The van der Waals surface area contributed by atoms with E-state index < -0.39 is 0 Å². The van der Waals surface area contributed by atoms with Crippen molar-refractivity contribution in [2.45, 2.75) is 0 Å². The van der Waals surface area contributed by atoms with Crippen LogP contribution in [0.3, 0.4) is 0 Å². The highest BCUT2D eigenvalue weighted by molar-refractivity contribution is 6.21. The Bertz CT molecular complexity index is 2160. The number of hydrogen-bond donors (Lipinski definition) is 0. The molecule has 3 aromatic heterocycles. The molecule has 0 unspecified atom stereocenters. The van der Waals surface area contributed by atoms with E-state index in [1.165, 1.54) is 0 Å². The number of fused-ring (bicyclic) bond motifs is 7. The van der Waals surface area contributed by atoms with Gasteiger partial charge >= 0.3 is 0 Å². The highest BCUT2D eigenvalue weighted by Crippen LogP contribution is 2.37. The summed E-state index contributed by atoms with van der Waals surface area (Å²) in [6.45, 7) is 0. The molecule has 0 amide bonds. The number of hydrogen-bond acceptors (Lipinski definition) is 5. The topological polar surface area (TPSA) is 54.8 Å². The highest BCUT2D eigenvalue weighted by atomic mass is 15.1. The van der Waals surface area contributed by atoms with Gasteiger partial charge in [-0.3, -0.25) is 9.97 Å². The first-order chi connectivity index (χ1) is 20.3. The van der Waals surface area contributed by atoms with Crippen molar-refractivity contribution in [2.24, 2.45) is 0 Å². The Kier molecular flexibility index (Phi) is 5.38. The Balaban J connectivity index is 1.29. The molecule has 0 saturated heterocycles. The Morgan fingerprint density at radius 2 is 0.976 bits per heavy atom. The lowest BCUT2D eigenvalue weighted by atomic mass is 10.0.